The third-order valence-electron chi connectivity index (χ3n) is 8.76. The van der Waals surface area contributed by atoms with Crippen LogP contribution in [-0.4, -0.2) is 72.1 Å². The minimum atomic E-state index is -0.0927. The van der Waals surface area contributed by atoms with Crippen LogP contribution in [0.2, 0.25) is 10.0 Å². The third-order valence-corrected chi connectivity index (χ3v) is 9.58. The lowest BCUT2D eigenvalue weighted by Gasteiger charge is -2.16. The number of nitrogens with zero attached hydrogens (tertiary/aromatic N) is 4. The highest BCUT2D eigenvalue weighted by Gasteiger charge is 2.21. The third kappa shape index (κ3) is 7.64. The number of methoxy groups -OCH3 is 1. The summed E-state index contributed by atoms with van der Waals surface area (Å²) in [4.78, 5) is 36.2. The van der Waals surface area contributed by atoms with Crippen LogP contribution in [0, 0.1) is 0 Å². The molecule has 1 amide bonds. The summed E-state index contributed by atoms with van der Waals surface area (Å²) >= 11 is 14.2. The number of ether oxygens (including phenoxy) is 1. The molecule has 6 rings (SSSR count). The Morgan fingerprint density at radius 3 is 2.45 bits per heavy atom. The van der Waals surface area contributed by atoms with Gasteiger partial charge in [0.25, 0.3) is 5.56 Å². The van der Waals surface area contributed by atoms with Crippen LogP contribution in [0.15, 0.2) is 77.9 Å². The fourth-order valence-corrected chi connectivity index (χ4v) is 6.77. The average molecular weight is 701 g/mol. The van der Waals surface area contributed by atoms with Crippen molar-refractivity contribution in [1.29, 1.82) is 0 Å². The number of pyridine rings is 2. The molecule has 2 aromatic carbocycles. The summed E-state index contributed by atoms with van der Waals surface area (Å²) in [6, 6.07) is 19.4. The molecule has 3 aromatic heterocycles. The quantitative estimate of drug-likeness (QED) is 0.149. The van der Waals surface area contributed by atoms with Gasteiger partial charge in [0.15, 0.2) is 0 Å². The molecule has 1 atom stereocenters. The molecule has 1 saturated heterocycles. The molecular weight excluding hydrogens is 661 g/mol. The highest BCUT2D eigenvalue weighted by Crippen LogP contribution is 2.42. The summed E-state index contributed by atoms with van der Waals surface area (Å²) in [6.07, 6.45) is 4.81. The van der Waals surface area contributed by atoms with Crippen molar-refractivity contribution >= 4 is 34.8 Å². The molecule has 254 valence electrons. The van der Waals surface area contributed by atoms with Crippen molar-refractivity contribution in [3.63, 3.8) is 0 Å². The maximum absolute atomic E-state index is 13.3. The van der Waals surface area contributed by atoms with Gasteiger partial charge >= 0.3 is 0 Å². The number of aromatic nitrogens is 3. The molecule has 0 saturated carbocycles. The first kappa shape index (κ1) is 34.5. The average Bonchev–Trinajstić information content (AvgIpc) is 3.53. The Morgan fingerprint density at radius 2 is 1.73 bits per heavy atom. The van der Waals surface area contributed by atoms with Crippen molar-refractivity contribution in [2.75, 3.05) is 40.8 Å². The molecule has 0 spiro atoms. The number of hydrogen-bond donors (Lipinski definition) is 3. The Hall–Kier alpha value is -4.32. The molecule has 4 heterocycles. The van der Waals surface area contributed by atoms with Crippen LogP contribution >= 0.6 is 23.2 Å². The fraction of sp³-hybridized carbons (Fsp3) is 0.297. The molecule has 1 aliphatic heterocycles. The summed E-state index contributed by atoms with van der Waals surface area (Å²) in [5.41, 5.74) is 6.54. The van der Waals surface area contributed by atoms with Gasteiger partial charge in [0, 0.05) is 85.4 Å². The maximum atomic E-state index is 13.3. The van der Waals surface area contributed by atoms with Crippen molar-refractivity contribution in [2.45, 2.75) is 32.0 Å². The number of benzene rings is 2. The van der Waals surface area contributed by atoms with E-state index in [2.05, 4.69) is 25.8 Å². The van der Waals surface area contributed by atoms with Crippen molar-refractivity contribution in [2.24, 2.45) is 0 Å². The van der Waals surface area contributed by atoms with Crippen LogP contribution in [0.3, 0.4) is 0 Å². The lowest BCUT2D eigenvalue weighted by molar-refractivity contribution is -0.119. The number of nitrogens with one attached hydrogen (secondary N) is 3. The number of likely N-dealkylation sites (N-methyl/N-ethyl adjacent to an activating group) is 2. The molecule has 0 unspecified atom stereocenters. The number of halogens is 2. The maximum Gasteiger partial charge on any atom is 0.262 e. The molecule has 0 aliphatic carbocycles. The van der Waals surface area contributed by atoms with E-state index < -0.39 is 0 Å². The van der Waals surface area contributed by atoms with Crippen LogP contribution < -0.4 is 26.2 Å². The Balaban J connectivity index is 1.25. The van der Waals surface area contributed by atoms with Gasteiger partial charge in [-0.3, -0.25) is 14.0 Å². The van der Waals surface area contributed by atoms with Crippen LogP contribution in [0.1, 0.15) is 24.0 Å². The van der Waals surface area contributed by atoms with Gasteiger partial charge in [-0.05, 0) is 44.3 Å². The number of hydrogen-bond acceptors (Lipinski definition) is 8. The minimum Gasteiger partial charge on any atom is -0.481 e. The van der Waals surface area contributed by atoms with Crippen molar-refractivity contribution in [1.82, 2.24) is 35.2 Å². The van der Waals surface area contributed by atoms with Gasteiger partial charge in [-0.1, -0.05) is 65.7 Å². The van der Waals surface area contributed by atoms with Crippen LogP contribution in [0.25, 0.3) is 39.2 Å². The summed E-state index contributed by atoms with van der Waals surface area (Å²) < 4.78 is 7.21. The van der Waals surface area contributed by atoms with Crippen LogP contribution in [-0.2, 0) is 17.9 Å². The lowest BCUT2D eigenvalue weighted by Crippen LogP contribution is -2.35. The molecule has 0 bridgehead atoms. The number of rotatable bonds is 13. The molecule has 5 aromatic rings. The zero-order valence-corrected chi connectivity index (χ0v) is 29.2. The van der Waals surface area contributed by atoms with Gasteiger partial charge in [-0.2, -0.15) is 0 Å². The van der Waals surface area contributed by atoms with Gasteiger partial charge in [0.1, 0.15) is 5.65 Å². The Kier molecular flexibility index (Phi) is 10.9. The van der Waals surface area contributed by atoms with Gasteiger partial charge in [0.2, 0.25) is 11.8 Å². The monoisotopic (exact) mass is 699 g/mol. The summed E-state index contributed by atoms with van der Waals surface area (Å²) in [7, 11) is 5.48. The minimum absolute atomic E-state index is 0.0927. The Labute approximate surface area is 295 Å². The fourth-order valence-electron chi connectivity index (χ4n) is 6.10. The predicted molar refractivity (Wildman–Crippen MR) is 195 cm³/mol. The van der Waals surface area contributed by atoms with E-state index >= 15 is 0 Å². The van der Waals surface area contributed by atoms with Crippen molar-refractivity contribution in [3.05, 3.63) is 105 Å². The molecule has 10 nitrogen and oxygen atoms in total. The van der Waals surface area contributed by atoms with E-state index in [9.17, 15) is 9.59 Å². The highest BCUT2D eigenvalue weighted by molar-refractivity contribution is 6.39. The first-order valence-electron chi connectivity index (χ1n) is 16.2. The SMILES string of the molecule is CNCCN(C)Cc1cnc2cc(-c3cccc(-c4cccc(-c5ccc(CNC[C@@H]6CCC(=O)N6)c(OC)n5)c4Cl)c3Cl)ccn2c1=O. The second kappa shape index (κ2) is 15.5. The van der Waals surface area contributed by atoms with E-state index in [0.29, 0.717) is 58.9 Å². The highest BCUT2D eigenvalue weighted by atomic mass is 35.5. The Bertz CT molecular complexity index is 2050. The van der Waals surface area contributed by atoms with E-state index in [1.807, 2.05) is 74.8 Å². The molecular formula is C37H39Cl2N7O3. The molecule has 1 fully saturated rings. The van der Waals surface area contributed by atoms with Crippen LogP contribution in [0.4, 0.5) is 0 Å². The molecule has 49 heavy (non-hydrogen) atoms. The van der Waals surface area contributed by atoms with Crippen molar-refractivity contribution in [3.8, 4) is 39.4 Å². The summed E-state index contributed by atoms with van der Waals surface area (Å²) in [6.45, 7) is 3.39. The molecule has 1 aliphatic rings. The van der Waals surface area contributed by atoms with E-state index in [0.717, 1.165) is 52.9 Å². The number of carbonyl (C=O) groups is 1. The smallest absolute Gasteiger partial charge is 0.262 e. The summed E-state index contributed by atoms with van der Waals surface area (Å²) in [5, 5.41) is 10.5. The number of carbonyl (C=O) groups excluding carboxylic acids is 1. The van der Waals surface area contributed by atoms with Crippen LogP contribution in [0.5, 0.6) is 5.88 Å². The van der Waals surface area contributed by atoms with E-state index in [1.54, 1.807) is 23.9 Å². The standard InChI is InChI=1S/C37H39Cl2N7O3/c1-40-15-17-45(2)22-25-20-42-32-18-23(14-16-46(32)37(25)48)27-6-4-7-28(34(27)38)29-8-5-9-30(35(29)39)31-12-10-24(36(44-31)49-3)19-41-21-26-11-13-33(47)43-26/h4-10,12,14,16,18,20,26,40-41H,11,13,15,17,19,21-22H2,1-3H3,(H,43,47)/t26-/m0/s1. The zero-order chi connectivity index (χ0) is 34.5. The van der Waals surface area contributed by atoms with E-state index in [1.165, 1.54) is 0 Å². The number of amides is 1. The molecule has 12 heteroatoms. The van der Waals surface area contributed by atoms with Crippen molar-refractivity contribution < 1.29 is 9.53 Å². The molecule has 0 radical (unpaired) electrons. The van der Waals surface area contributed by atoms with Gasteiger partial charge < -0.3 is 25.6 Å². The largest absolute Gasteiger partial charge is 0.481 e. The normalized spacial score (nSPS) is 14.5. The first-order valence-corrected chi connectivity index (χ1v) is 17.0. The second-order valence-electron chi connectivity index (χ2n) is 12.2. The first-order chi connectivity index (χ1) is 23.8. The molecule has 3 N–H and O–H groups in total. The van der Waals surface area contributed by atoms with Gasteiger partial charge in [-0.15, -0.1) is 0 Å². The Morgan fingerprint density at radius 1 is 1.00 bits per heavy atom. The van der Waals surface area contributed by atoms with Gasteiger partial charge in [0.05, 0.1) is 28.4 Å². The predicted octanol–water partition coefficient (Wildman–Crippen LogP) is 5.43. The van der Waals surface area contributed by atoms with E-state index in [-0.39, 0.29) is 17.5 Å². The number of fused-ring (bicyclic) bond motifs is 1. The topological polar surface area (TPSA) is 113 Å². The lowest BCUT2D eigenvalue weighted by atomic mass is 9.97. The second-order valence-corrected chi connectivity index (χ2v) is 13.0. The van der Waals surface area contributed by atoms with Gasteiger partial charge in [-0.25, -0.2) is 9.97 Å². The zero-order valence-electron chi connectivity index (χ0n) is 27.7. The summed E-state index contributed by atoms with van der Waals surface area (Å²) in [5.74, 6) is 0.596. The van der Waals surface area contributed by atoms with E-state index in [4.69, 9.17) is 32.9 Å².